The lowest BCUT2D eigenvalue weighted by molar-refractivity contribution is -0.137. The van der Waals surface area contributed by atoms with Gasteiger partial charge in [-0.05, 0) is 24.1 Å². The predicted molar refractivity (Wildman–Crippen MR) is 120 cm³/mol. The number of morpholine rings is 1. The standard InChI is InChI=1S/C20H31N5O6S2/c21-13-16-1-2-22-19(11-16)33(29,30)25-14-17(12-18(15-25)23-3-7-31-8-4-23)20(26)24-5-9-32(27,28)10-6-24/h1-2,11,17-18H,3-10,12-15,21H2/t17-,18+/m0/s1. The van der Waals surface area contributed by atoms with Crippen LogP contribution in [0, 0.1) is 5.92 Å². The van der Waals surface area contributed by atoms with Gasteiger partial charge in [0.25, 0.3) is 10.0 Å². The molecule has 11 nitrogen and oxygen atoms in total. The summed E-state index contributed by atoms with van der Waals surface area (Å²) in [6, 6.07) is 3.00. The Morgan fingerprint density at radius 2 is 1.85 bits per heavy atom. The maximum absolute atomic E-state index is 13.5. The molecule has 3 aliphatic rings. The Balaban J connectivity index is 1.58. The van der Waals surface area contributed by atoms with Gasteiger partial charge in [-0.2, -0.15) is 4.31 Å². The summed E-state index contributed by atoms with van der Waals surface area (Å²) < 4.78 is 57.3. The zero-order valence-electron chi connectivity index (χ0n) is 18.5. The summed E-state index contributed by atoms with van der Waals surface area (Å²) in [6.45, 7) is 3.25. The predicted octanol–water partition coefficient (Wildman–Crippen LogP) is -1.49. The van der Waals surface area contributed by atoms with Gasteiger partial charge in [-0.15, -0.1) is 0 Å². The molecule has 1 aromatic heterocycles. The van der Waals surface area contributed by atoms with Crippen molar-refractivity contribution in [3.05, 3.63) is 23.9 Å². The van der Waals surface area contributed by atoms with Gasteiger partial charge in [0.2, 0.25) is 5.91 Å². The number of nitrogens with two attached hydrogens (primary N) is 1. The molecule has 0 aromatic carbocycles. The number of hydrogen-bond donors (Lipinski definition) is 1. The first-order chi connectivity index (χ1) is 15.7. The Morgan fingerprint density at radius 3 is 2.52 bits per heavy atom. The molecule has 33 heavy (non-hydrogen) atoms. The van der Waals surface area contributed by atoms with E-state index in [1.54, 1.807) is 11.0 Å². The van der Waals surface area contributed by atoms with Gasteiger partial charge in [-0.25, -0.2) is 21.8 Å². The maximum atomic E-state index is 13.5. The molecule has 3 aliphatic heterocycles. The molecule has 1 amide bonds. The summed E-state index contributed by atoms with van der Waals surface area (Å²) in [4.78, 5) is 21.1. The van der Waals surface area contributed by atoms with E-state index >= 15 is 0 Å². The van der Waals surface area contributed by atoms with Crippen molar-refractivity contribution in [3.63, 3.8) is 0 Å². The largest absolute Gasteiger partial charge is 0.379 e. The monoisotopic (exact) mass is 501 g/mol. The Morgan fingerprint density at radius 1 is 1.15 bits per heavy atom. The number of ether oxygens (including phenoxy) is 1. The SMILES string of the molecule is NCc1ccnc(S(=O)(=O)N2C[C@@H](C(=O)N3CCS(=O)(=O)CC3)C[C@@H](N3CCOCC3)C2)c1. The lowest BCUT2D eigenvalue weighted by Crippen LogP contribution is -2.58. The molecule has 0 unspecified atom stereocenters. The van der Waals surface area contributed by atoms with Crippen molar-refractivity contribution in [2.24, 2.45) is 11.7 Å². The number of rotatable bonds is 5. The van der Waals surface area contributed by atoms with Crippen LogP contribution in [0.1, 0.15) is 12.0 Å². The van der Waals surface area contributed by atoms with Crippen molar-refractivity contribution in [3.8, 4) is 0 Å². The van der Waals surface area contributed by atoms with Crippen molar-refractivity contribution in [1.29, 1.82) is 0 Å². The molecule has 1 aromatic rings. The third-order valence-electron chi connectivity index (χ3n) is 6.60. The van der Waals surface area contributed by atoms with Crippen LogP contribution in [0.3, 0.4) is 0 Å². The fourth-order valence-electron chi connectivity index (χ4n) is 4.66. The van der Waals surface area contributed by atoms with Gasteiger partial charge in [-0.3, -0.25) is 9.69 Å². The summed E-state index contributed by atoms with van der Waals surface area (Å²) in [6.07, 6.45) is 1.94. The number of aromatic nitrogens is 1. The van der Waals surface area contributed by atoms with Crippen LogP contribution < -0.4 is 5.73 Å². The number of amides is 1. The van der Waals surface area contributed by atoms with E-state index in [1.165, 1.54) is 16.6 Å². The number of sulfone groups is 1. The fraction of sp³-hybridized carbons (Fsp3) is 0.700. The van der Waals surface area contributed by atoms with E-state index in [-0.39, 0.29) is 61.2 Å². The molecule has 3 fully saturated rings. The highest BCUT2D eigenvalue weighted by atomic mass is 32.2. The number of sulfonamides is 1. The van der Waals surface area contributed by atoms with E-state index in [9.17, 15) is 21.6 Å². The van der Waals surface area contributed by atoms with Crippen molar-refractivity contribution in [2.75, 3.05) is 64.0 Å². The highest BCUT2D eigenvalue weighted by molar-refractivity contribution is 7.91. The van der Waals surface area contributed by atoms with Crippen LogP contribution in [0.4, 0.5) is 0 Å². The van der Waals surface area contributed by atoms with Gasteiger partial charge in [0, 0.05) is 58.1 Å². The van der Waals surface area contributed by atoms with Gasteiger partial charge < -0.3 is 15.4 Å². The smallest absolute Gasteiger partial charge is 0.260 e. The molecule has 0 aliphatic carbocycles. The molecule has 0 saturated carbocycles. The summed E-state index contributed by atoms with van der Waals surface area (Å²) in [5, 5.41) is -0.0802. The third-order valence-corrected chi connectivity index (χ3v) is 9.94. The summed E-state index contributed by atoms with van der Waals surface area (Å²) in [5.74, 6) is -0.863. The van der Waals surface area contributed by atoms with Gasteiger partial charge >= 0.3 is 0 Å². The summed E-state index contributed by atoms with van der Waals surface area (Å²) in [7, 11) is -7.07. The van der Waals surface area contributed by atoms with E-state index < -0.39 is 25.8 Å². The molecule has 0 bridgehead atoms. The van der Waals surface area contributed by atoms with Crippen LogP contribution in [-0.4, -0.2) is 112 Å². The van der Waals surface area contributed by atoms with Gasteiger partial charge in [0.1, 0.15) is 0 Å². The molecule has 0 radical (unpaired) electrons. The van der Waals surface area contributed by atoms with Crippen molar-refractivity contribution in [1.82, 2.24) is 19.1 Å². The van der Waals surface area contributed by atoms with Crippen molar-refractivity contribution < 1.29 is 26.4 Å². The number of carbonyl (C=O) groups is 1. The first-order valence-corrected chi connectivity index (χ1v) is 14.4. The van der Waals surface area contributed by atoms with Crippen LogP contribution in [0.25, 0.3) is 0 Å². The first-order valence-electron chi connectivity index (χ1n) is 11.2. The van der Waals surface area contributed by atoms with E-state index in [2.05, 4.69) is 9.88 Å². The van der Waals surface area contributed by atoms with Crippen LogP contribution in [0.15, 0.2) is 23.4 Å². The number of piperidine rings is 1. The second kappa shape index (κ2) is 9.92. The minimum Gasteiger partial charge on any atom is -0.379 e. The molecule has 3 saturated heterocycles. The van der Waals surface area contributed by atoms with E-state index in [0.29, 0.717) is 38.3 Å². The summed E-state index contributed by atoms with van der Waals surface area (Å²) >= 11 is 0. The highest BCUT2D eigenvalue weighted by Gasteiger charge is 2.42. The van der Waals surface area contributed by atoms with Gasteiger partial charge in [0.15, 0.2) is 14.9 Å². The average molecular weight is 502 g/mol. The maximum Gasteiger partial charge on any atom is 0.260 e. The van der Waals surface area contributed by atoms with Crippen LogP contribution in [-0.2, 0) is 35.9 Å². The van der Waals surface area contributed by atoms with Gasteiger partial charge in [-0.1, -0.05) is 0 Å². The van der Waals surface area contributed by atoms with Crippen molar-refractivity contribution in [2.45, 2.75) is 24.0 Å². The minimum absolute atomic E-state index is 0.0415. The molecule has 4 heterocycles. The fourth-order valence-corrected chi connectivity index (χ4v) is 7.36. The molecular weight excluding hydrogens is 470 g/mol. The quantitative estimate of drug-likeness (QED) is 0.510. The zero-order chi connectivity index (χ0) is 23.6. The van der Waals surface area contributed by atoms with E-state index in [0.717, 1.165) is 0 Å². The molecule has 2 N–H and O–H groups in total. The van der Waals surface area contributed by atoms with Crippen LogP contribution >= 0.6 is 0 Å². The molecular formula is C20H31N5O6S2. The zero-order valence-corrected chi connectivity index (χ0v) is 20.1. The molecule has 4 rings (SSSR count). The van der Waals surface area contributed by atoms with E-state index in [1.807, 2.05) is 0 Å². The highest BCUT2D eigenvalue weighted by Crippen LogP contribution is 2.28. The Hall–Kier alpha value is -1.64. The minimum atomic E-state index is -3.94. The number of hydrogen-bond acceptors (Lipinski definition) is 9. The third kappa shape index (κ3) is 5.54. The summed E-state index contributed by atoms with van der Waals surface area (Å²) in [5.41, 5.74) is 6.34. The Bertz CT molecular complexity index is 1060. The van der Waals surface area contributed by atoms with Crippen molar-refractivity contribution >= 4 is 25.8 Å². The van der Waals surface area contributed by atoms with Crippen LogP contribution in [0.5, 0.6) is 0 Å². The molecule has 13 heteroatoms. The topological polar surface area (TPSA) is 143 Å². The lowest BCUT2D eigenvalue weighted by Gasteiger charge is -2.43. The second-order valence-corrected chi connectivity index (χ2v) is 12.9. The number of carbonyl (C=O) groups excluding carboxylic acids is 1. The van der Waals surface area contributed by atoms with Crippen LogP contribution in [0.2, 0.25) is 0 Å². The molecule has 184 valence electrons. The number of nitrogens with zero attached hydrogens (tertiary/aromatic N) is 4. The number of pyridine rings is 1. The van der Waals surface area contributed by atoms with E-state index in [4.69, 9.17) is 10.5 Å². The first kappa shape index (κ1) is 24.5. The average Bonchev–Trinajstić information content (AvgIpc) is 2.84. The Kier molecular flexibility index (Phi) is 7.36. The normalized spacial score (nSPS) is 27.4. The van der Waals surface area contributed by atoms with Gasteiger partial charge in [0.05, 0.1) is 30.6 Å². The lowest BCUT2D eigenvalue weighted by atomic mass is 9.93. The second-order valence-electron chi connectivity index (χ2n) is 8.74. The molecule has 2 atom stereocenters. The Labute approximate surface area is 194 Å². The molecule has 0 spiro atoms.